The minimum Gasteiger partial charge on any atom is -0.481 e. The number of rotatable bonds is 5. The molecule has 96 valence electrons. The molecule has 7 heteroatoms. The van der Waals surface area contributed by atoms with Crippen LogP contribution in [-0.4, -0.2) is 29.3 Å². The second-order valence-electron chi connectivity index (χ2n) is 3.56. The Hall–Kier alpha value is -2.31. The molecule has 0 aliphatic rings. The average molecular weight is 250 g/mol. The van der Waals surface area contributed by atoms with E-state index >= 15 is 0 Å². The van der Waals surface area contributed by atoms with Crippen molar-refractivity contribution in [3.05, 3.63) is 23.6 Å². The Morgan fingerprint density at radius 2 is 1.83 bits per heavy atom. The van der Waals surface area contributed by atoms with Crippen LogP contribution in [0.15, 0.2) is 16.7 Å². The summed E-state index contributed by atoms with van der Waals surface area (Å²) < 4.78 is 15.2. The smallest absolute Gasteiger partial charge is 0.229 e. The molecule has 0 aromatic carbocycles. The van der Waals surface area contributed by atoms with Gasteiger partial charge in [-0.05, 0) is 6.92 Å². The fourth-order valence-electron chi connectivity index (χ4n) is 1.36. The second kappa shape index (κ2) is 5.35. The van der Waals surface area contributed by atoms with Crippen molar-refractivity contribution in [2.45, 2.75) is 13.5 Å². The maximum Gasteiger partial charge on any atom is 0.229 e. The van der Waals surface area contributed by atoms with Gasteiger partial charge in [-0.25, -0.2) is 0 Å². The molecule has 0 aliphatic heterocycles. The van der Waals surface area contributed by atoms with Gasteiger partial charge < -0.3 is 19.3 Å². The molecule has 0 unspecified atom stereocenters. The third-order valence-electron chi connectivity index (χ3n) is 2.19. The summed E-state index contributed by atoms with van der Waals surface area (Å²) in [6.45, 7) is 2.30. The van der Waals surface area contributed by atoms with Gasteiger partial charge >= 0.3 is 0 Å². The van der Waals surface area contributed by atoms with E-state index in [2.05, 4.69) is 20.4 Å². The largest absolute Gasteiger partial charge is 0.481 e. The van der Waals surface area contributed by atoms with Gasteiger partial charge in [0.2, 0.25) is 17.7 Å². The first-order valence-electron chi connectivity index (χ1n) is 5.34. The molecular formula is C11H14N4O3. The lowest BCUT2D eigenvalue weighted by Crippen LogP contribution is -2.05. The van der Waals surface area contributed by atoms with E-state index in [1.54, 1.807) is 6.07 Å². The summed E-state index contributed by atoms with van der Waals surface area (Å²) in [5.74, 6) is 1.97. The first-order chi connectivity index (χ1) is 8.71. The van der Waals surface area contributed by atoms with E-state index in [1.807, 2.05) is 13.0 Å². The Morgan fingerprint density at radius 1 is 1.17 bits per heavy atom. The van der Waals surface area contributed by atoms with E-state index in [4.69, 9.17) is 14.0 Å². The predicted octanol–water partition coefficient (Wildman–Crippen LogP) is 1.40. The van der Waals surface area contributed by atoms with Crippen molar-refractivity contribution in [3.8, 4) is 11.8 Å². The van der Waals surface area contributed by atoms with E-state index < -0.39 is 0 Å². The number of hydrogen-bond acceptors (Lipinski definition) is 7. The topological polar surface area (TPSA) is 82.3 Å². The molecule has 2 rings (SSSR count). The zero-order valence-corrected chi connectivity index (χ0v) is 10.4. The molecule has 2 heterocycles. The minimum atomic E-state index is 0.403. The molecule has 0 fully saturated rings. The highest BCUT2D eigenvalue weighted by Gasteiger charge is 2.06. The van der Waals surface area contributed by atoms with Crippen LogP contribution in [0.2, 0.25) is 0 Å². The molecule has 0 bridgehead atoms. The number of methoxy groups -OCH3 is 2. The molecular weight excluding hydrogens is 236 g/mol. The molecule has 0 amide bonds. The monoisotopic (exact) mass is 250 g/mol. The highest BCUT2D eigenvalue weighted by Crippen LogP contribution is 2.17. The van der Waals surface area contributed by atoms with Crippen molar-refractivity contribution < 1.29 is 14.0 Å². The van der Waals surface area contributed by atoms with Crippen LogP contribution in [0.4, 0.5) is 5.95 Å². The van der Waals surface area contributed by atoms with Gasteiger partial charge in [0.05, 0.1) is 32.5 Å². The Balaban J connectivity index is 2.08. The molecule has 2 aromatic heterocycles. The standard InChI is InChI=1S/C11H14N4O3/c1-7-4-8(18-15-7)6-12-11-13-9(16-2)5-10(14-11)17-3/h4-5H,6H2,1-3H3,(H,12,13,14). The molecule has 0 atom stereocenters. The van der Waals surface area contributed by atoms with E-state index in [0.717, 1.165) is 5.69 Å². The molecule has 0 spiro atoms. The van der Waals surface area contributed by atoms with Crippen LogP contribution < -0.4 is 14.8 Å². The predicted molar refractivity (Wildman–Crippen MR) is 63.7 cm³/mol. The van der Waals surface area contributed by atoms with Gasteiger partial charge in [0.25, 0.3) is 0 Å². The maximum atomic E-state index is 5.07. The lowest BCUT2D eigenvalue weighted by atomic mass is 10.4. The van der Waals surface area contributed by atoms with Crippen LogP contribution in [0.1, 0.15) is 11.5 Å². The Bertz CT molecular complexity index is 505. The quantitative estimate of drug-likeness (QED) is 0.858. The van der Waals surface area contributed by atoms with Crippen molar-refractivity contribution in [1.29, 1.82) is 0 Å². The van der Waals surface area contributed by atoms with Gasteiger partial charge in [-0.1, -0.05) is 5.16 Å². The minimum absolute atomic E-state index is 0.403. The fourth-order valence-corrected chi connectivity index (χ4v) is 1.36. The van der Waals surface area contributed by atoms with E-state index in [9.17, 15) is 0 Å². The second-order valence-corrected chi connectivity index (χ2v) is 3.56. The van der Waals surface area contributed by atoms with Crippen LogP contribution in [0, 0.1) is 6.92 Å². The molecule has 18 heavy (non-hydrogen) atoms. The number of nitrogens with one attached hydrogen (secondary N) is 1. The summed E-state index contributed by atoms with van der Waals surface area (Å²) in [6.07, 6.45) is 0. The summed E-state index contributed by atoms with van der Waals surface area (Å²) in [6, 6.07) is 3.44. The molecule has 0 aliphatic carbocycles. The van der Waals surface area contributed by atoms with Crippen LogP contribution in [-0.2, 0) is 6.54 Å². The molecule has 1 N–H and O–H groups in total. The van der Waals surface area contributed by atoms with E-state index in [0.29, 0.717) is 30.0 Å². The van der Waals surface area contributed by atoms with Crippen LogP contribution >= 0.6 is 0 Å². The zero-order chi connectivity index (χ0) is 13.0. The number of hydrogen-bond donors (Lipinski definition) is 1. The summed E-state index contributed by atoms with van der Waals surface area (Å²) in [4.78, 5) is 8.27. The Morgan fingerprint density at radius 3 is 2.33 bits per heavy atom. The van der Waals surface area contributed by atoms with Crippen LogP contribution in [0.3, 0.4) is 0 Å². The van der Waals surface area contributed by atoms with Crippen molar-refractivity contribution in [1.82, 2.24) is 15.1 Å². The Kier molecular flexibility index (Phi) is 3.61. The van der Waals surface area contributed by atoms with Gasteiger partial charge in [0.1, 0.15) is 0 Å². The molecule has 2 aromatic rings. The van der Waals surface area contributed by atoms with Gasteiger partial charge in [0, 0.05) is 6.07 Å². The lowest BCUT2D eigenvalue weighted by molar-refractivity contribution is 0.371. The summed E-state index contributed by atoms with van der Waals surface area (Å²) in [5, 5.41) is 6.80. The molecule has 7 nitrogen and oxygen atoms in total. The number of ether oxygens (including phenoxy) is 2. The summed E-state index contributed by atoms with van der Waals surface area (Å²) in [7, 11) is 3.07. The summed E-state index contributed by atoms with van der Waals surface area (Å²) in [5.41, 5.74) is 0.830. The lowest BCUT2D eigenvalue weighted by Gasteiger charge is -2.06. The maximum absolute atomic E-state index is 5.07. The molecule has 0 saturated heterocycles. The molecule has 0 radical (unpaired) electrons. The first-order valence-corrected chi connectivity index (χ1v) is 5.34. The first kappa shape index (κ1) is 12.2. The number of aryl methyl sites for hydroxylation is 1. The third kappa shape index (κ3) is 2.88. The van der Waals surface area contributed by atoms with E-state index in [1.165, 1.54) is 14.2 Å². The molecule has 0 saturated carbocycles. The van der Waals surface area contributed by atoms with Gasteiger partial charge in [-0.2, -0.15) is 9.97 Å². The highest BCUT2D eigenvalue weighted by atomic mass is 16.5. The van der Waals surface area contributed by atoms with Gasteiger partial charge in [-0.3, -0.25) is 0 Å². The van der Waals surface area contributed by atoms with Crippen LogP contribution in [0.25, 0.3) is 0 Å². The number of anilines is 1. The van der Waals surface area contributed by atoms with E-state index in [-0.39, 0.29) is 0 Å². The zero-order valence-electron chi connectivity index (χ0n) is 10.4. The van der Waals surface area contributed by atoms with Gasteiger partial charge in [-0.15, -0.1) is 0 Å². The van der Waals surface area contributed by atoms with Crippen molar-refractivity contribution >= 4 is 5.95 Å². The third-order valence-corrected chi connectivity index (χ3v) is 2.19. The SMILES string of the molecule is COc1cc(OC)nc(NCc2cc(C)no2)n1. The van der Waals surface area contributed by atoms with Crippen molar-refractivity contribution in [2.24, 2.45) is 0 Å². The van der Waals surface area contributed by atoms with Gasteiger partial charge in [0.15, 0.2) is 5.76 Å². The normalized spacial score (nSPS) is 10.2. The van der Waals surface area contributed by atoms with Crippen molar-refractivity contribution in [2.75, 3.05) is 19.5 Å². The fraction of sp³-hybridized carbons (Fsp3) is 0.364. The average Bonchev–Trinajstić information content (AvgIpc) is 2.81. The highest BCUT2D eigenvalue weighted by molar-refractivity contribution is 5.33. The Labute approximate surface area is 104 Å². The van der Waals surface area contributed by atoms with Crippen molar-refractivity contribution in [3.63, 3.8) is 0 Å². The number of aromatic nitrogens is 3. The summed E-state index contributed by atoms with van der Waals surface area (Å²) >= 11 is 0. The number of nitrogens with zero attached hydrogens (tertiary/aromatic N) is 3. The van der Waals surface area contributed by atoms with Crippen LogP contribution in [0.5, 0.6) is 11.8 Å².